The molecule has 0 aromatic heterocycles. The fraction of sp³-hybridized carbons (Fsp3) is 0.571. The van der Waals surface area contributed by atoms with Crippen LogP contribution in [0.2, 0.25) is 0 Å². The lowest BCUT2D eigenvalue weighted by Crippen LogP contribution is -2.19. The van der Waals surface area contributed by atoms with Gasteiger partial charge in [0.1, 0.15) is 0 Å². The van der Waals surface area contributed by atoms with Crippen LogP contribution in [0.5, 0.6) is 0 Å². The van der Waals surface area contributed by atoms with Crippen molar-refractivity contribution in [2.45, 2.75) is 53.5 Å². The molecule has 1 aromatic rings. The molecule has 0 spiro atoms. The zero-order chi connectivity index (χ0) is 16.1. The average molecular weight is 389 g/mol. The van der Waals surface area contributed by atoms with Crippen LogP contribution in [0.3, 0.4) is 0 Å². The predicted molar refractivity (Wildman–Crippen MR) is 89.8 cm³/mol. The zero-order valence-corrected chi connectivity index (χ0v) is 14.3. The van der Waals surface area contributed by atoms with E-state index in [0.29, 0.717) is 9.72 Å². The second-order valence-corrected chi connectivity index (χ2v) is 7.79. The molecule has 2 unspecified atom stereocenters. The fourth-order valence-electron chi connectivity index (χ4n) is 2.56. The van der Waals surface area contributed by atoms with Crippen LogP contribution in [0.1, 0.15) is 38.5 Å². The Bertz CT molecular complexity index is 570. The van der Waals surface area contributed by atoms with Gasteiger partial charge in [0.15, 0.2) is 0 Å². The normalized spacial score (nSPS) is 22.6. The number of nitrogens with zero attached hydrogens (tertiary/aromatic N) is 2. The van der Waals surface area contributed by atoms with Gasteiger partial charge in [-0.3, -0.25) is 20.2 Å². The molecular formula is C14H17BrN2O4S. The average Bonchev–Trinajstić information content (AvgIpc) is 2.46. The Morgan fingerprint density at radius 2 is 1.73 bits per heavy atom. The van der Waals surface area contributed by atoms with Gasteiger partial charge in [-0.05, 0) is 18.9 Å². The van der Waals surface area contributed by atoms with Gasteiger partial charge >= 0.3 is 0 Å². The first-order valence-electron chi connectivity index (χ1n) is 7.22. The molecule has 0 heterocycles. The molecule has 0 saturated heterocycles. The third-order valence-electron chi connectivity index (χ3n) is 3.75. The first-order chi connectivity index (χ1) is 10.5. The Kier molecular flexibility index (Phi) is 6.19. The molecule has 120 valence electrons. The molecule has 0 bridgehead atoms. The first kappa shape index (κ1) is 17.2. The van der Waals surface area contributed by atoms with Crippen LogP contribution in [0, 0.1) is 20.2 Å². The van der Waals surface area contributed by atoms with E-state index in [9.17, 15) is 20.2 Å². The summed E-state index contributed by atoms with van der Waals surface area (Å²) in [5.41, 5.74) is -0.426. The summed E-state index contributed by atoms with van der Waals surface area (Å²) in [6.45, 7) is 0. The number of rotatable bonds is 4. The van der Waals surface area contributed by atoms with Gasteiger partial charge in [-0.15, -0.1) is 11.8 Å². The van der Waals surface area contributed by atoms with Gasteiger partial charge in [0.25, 0.3) is 11.4 Å². The fourth-order valence-corrected chi connectivity index (χ4v) is 4.77. The summed E-state index contributed by atoms with van der Waals surface area (Å²) in [7, 11) is 0. The van der Waals surface area contributed by atoms with Crippen LogP contribution < -0.4 is 0 Å². The Hall–Kier alpha value is -1.15. The second-order valence-electron chi connectivity index (χ2n) is 5.33. The summed E-state index contributed by atoms with van der Waals surface area (Å²) in [4.78, 5) is 21.7. The van der Waals surface area contributed by atoms with E-state index >= 15 is 0 Å². The largest absolute Gasteiger partial charge is 0.289 e. The second kappa shape index (κ2) is 7.92. The van der Waals surface area contributed by atoms with Crippen LogP contribution >= 0.6 is 27.7 Å². The maximum Gasteiger partial charge on any atom is 0.289 e. The maximum atomic E-state index is 11.2. The molecule has 1 fully saturated rings. The van der Waals surface area contributed by atoms with E-state index in [0.717, 1.165) is 31.7 Å². The lowest BCUT2D eigenvalue weighted by molar-refractivity contribution is -0.396. The minimum atomic E-state index is -0.607. The van der Waals surface area contributed by atoms with Crippen molar-refractivity contribution in [2.75, 3.05) is 0 Å². The van der Waals surface area contributed by atoms with Gasteiger partial charge in [-0.25, -0.2) is 0 Å². The first-order valence-corrected chi connectivity index (χ1v) is 9.02. The van der Waals surface area contributed by atoms with Crippen molar-refractivity contribution in [3.63, 3.8) is 0 Å². The minimum absolute atomic E-state index is 0.180. The van der Waals surface area contributed by atoms with Crippen LogP contribution in [-0.2, 0) is 0 Å². The highest BCUT2D eigenvalue weighted by Gasteiger charge is 2.26. The summed E-state index contributed by atoms with van der Waals surface area (Å²) < 4.78 is 0. The summed E-state index contributed by atoms with van der Waals surface area (Å²) in [6.07, 6.45) is 6.75. The molecule has 1 aliphatic carbocycles. The molecule has 6 nitrogen and oxygen atoms in total. The van der Waals surface area contributed by atoms with Gasteiger partial charge in [0.2, 0.25) is 0 Å². The van der Waals surface area contributed by atoms with Gasteiger partial charge in [0.05, 0.1) is 20.8 Å². The summed E-state index contributed by atoms with van der Waals surface area (Å²) in [6, 6.07) is 3.88. The molecule has 1 saturated carbocycles. The molecule has 8 heteroatoms. The van der Waals surface area contributed by atoms with Gasteiger partial charge in [-0.1, -0.05) is 41.6 Å². The molecule has 2 rings (SSSR count). The molecule has 0 radical (unpaired) electrons. The number of halogens is 1. The van der Waals surface area contributed by atoms with Crippen molar-refractivity contribution in [1.82, 2.24) is 0 Å². The zero-order valence-electron chi connectivity index (χ0n) is 11.9. The number of benzene rings is 1. The van der Waals surface area contributed by atoms with Gasteiger partial charge < -0.3 is 0 Å². The highest BCUT2D eigenvalue weighted by atomic mass is 79.9. The van der Waals surface area contributed by atoms with E-state index in [1.807, 2.05) is 0 Å². The number of hydrogen-bond donors (Lipinski definition) is 0. The van der Waals surface area contributed by atoms with E-state index in [-0.39, 0.29) is 16.6 Å². The molecule has 0 aliphatic heterocycles. The van der Waals surface area contributed by atoms with Crippen molar-refractivity contribution in [2.24, 2.45) is 0 Å². The number of hydrogen-bond acceptors (Lipinski definition) is 5. The highest BCUT2D eigenvalue weighted by Crippen LogP contribution is 2.40. The topological polar surface area (TPSA) is 86.3 Å². The lowest BCUT2D eigenvalue weighted by atomic mass is 10.0. The molecule has 22 heavy (non-hydrogen) atoms. The number of non-ortho nitro benzene ring substituents is 1. The van der Waals surface area contributed by atoms with Crippen molar-refractivity contribution < 1.29 is 9.85 Å². The van der Waals surface area contributed by atoms with Gasteiger partial charge in [-0.2, -0.15) is 0 Å². The predicted octanol–water partition coefficient (Wildman–Crippen LogP) is 5.08. The van der Waals surface area contributed by atoms with Crippen molar-refractivity contribution in [1.29, 1.82) is 0 Å². The molecule has 0 N–H and O–H groups in total. The Labute approximate surface area is 141 Å². The molecule has 2 atom stereocenters. The number of alkyl halides is 1. The van der Waals surface area contributed by atoms with E-state index in [2.05, 4.69) is 15.9 Å². The summed E-state index contributed by atoms with van der Waals surface area (Å²) in [5.74, 6) is 0. The number of thioether (sulfide) groups is 1. The smallest absolute Gasteiger partial charge is 0.258 e. The summed E-state index contributed by atoms with van der Waals surface area (Å²) >= 11 is 5.16. The molecule has 1 aromatic carbocycles. The lowest BCUT2D eigenvalue weighted by Gasteiger charge is -2.24. The molecule has 0 amide bonds. The minimum Gasteiger partial charge on any atom is -0.258 e. The quantitative estimate of drug-likeness (QED) is 0.407. The maximum absolute atomic E-state index is 11.2. The summed E-state index contributed by atoms with van der Waals surface area (Å²) in [5, 5.41) is 22.2. The van der Waals surface area contributed by atoms with E-state index < -0.39 is 9.85 Å². The van der Waals surface area contributed by atoms with Crippen molar-refractivity contribution in [3.05, 3.63) is 38.4 Å². The van der Waals surface area contributed by atoms with E-state index in [1.165, 1.54) is 36.7 Å². The monoisotopic (exact) mass is 388 g/mol. The van der Waals surface area contributed by atoms with Crippen LogP contribution in [0.4, 0.5) is 11.4 Å². The van der Waals surface area contributed by atoms with E-state index in [1.54, 1.807) is 0 Å². The Balaban J connectivity index is 2.23. The Morgan fingerprint density at radius 3 is 2.36 bits per heavy atom. The van der Waals surface area contributed by atoms with Crippen molar-refractivity contribution >= 4 is 39.1 Å². The van der Waals surface area contributed by atoms with Crippen LogP contribution in [0.25, 0.3) is 0 Å². The SMILES string of the molecule is O=[N+]([O-])c1ccc(SC2CCCCCCC2Br)c([N+](=O)[O-])c1. The third kappa shape index (κ3) is 4.42. The van der Waals surface area contributed by atoms with Gasteiger partial charge in [0, 0.05) is 16.1 Å². The van der Waals surface area contributed by atoms with Crippen LogP contribution in [0.15, 0.2) is 23.1 Å². The van der Waals surface area contributed by atoms with Crippen LogP contribution in [-0.4, -0.2) is 19.9 Å². The van der Waals surface area contributed by atoms with E-state index in [4.69, 9.17) is 0 Å². The number of nitro groups is 2. The number of nitro benzene ring substituents is 2. The standard InChI is InChI=1S/C14H17BrN2O4S/c15-11-5-3-1-2-4-6-13(11)22-14-8-7-10(16(18)19)9-12(14)17(20)21/h7-9,11,13H,1-6H2. The highest BCUT2D eigenvalue weighted by molar-refractivity contribution is 9.09. The third-order valence-corrected chi connectivity index (χ3v) is 6.66. The Morgan fingerprint density at radius 1 is 1.05 bits per heavy atom. The molecular weight excluding hydrogens is 372 g/mol. The molecule has 1 aliphatic rings. The van der Waals surface area contributed by atoms with Crippen molar-refractivity contribution in [3.8, 4) is 0 Å².